The SMILES string of the molecule is CCc1c(-c2ccc(N3C(=O)CC(C)(C)C3=O)cc2)ccnc1N1CCN(c2cccc(C(N)=O)c2)C1=O. The average molecular weight is 512 g/mol. The number of pyridine rings is 1. The largest absolute Gasteiger partial charge is 0.366 e. The summed E-state index contributed by atoms with van der Waals surface area (Å²) in [6, 6.07) is 15.7. The minimum atomic E-state index is -0.706. The first kappa shape index (κ1) is 25.1. The molecule has 0 bridgehead atoms. The van der Waals surface area contributed by atoms with Crippen molar-refractivity contribution in [2.24, 2.45) is 11.1 Å². The summed E-state index contributed by atoms with van der Waals surface area (Å²) in [6.45, 7) is 6.46. The second-order valence-corrected chi connectivity index (χ2v) is 10.2. The Morgan fingerprint density at radius 1 is 0.974 bits per heavy atom. The normalized spacial score (nSPS) is 17.0. The number of carbonyl (C=O) groups excluding carboxylic acids is 4. The smallest absolute Gasteiger partial charge is 0.330 e. The van der Waals surface area contributed by atoms with Crippen LogP contribution < -0.4 is 20.4 Å². The van der Waals surface area contributed by atoms with Crippen molar-refractivity contribution in [2.75, 3.05) is 27.8 Å². The van der Waals surface area contributed by atoms with E-state index in [4.69, 9.17) is 5.73 Å². The van der Waals surface area contributed by atoms with Crippen LogP contribution in [0.4, 0.5) is 22.0 Å². The van der Waals surface area contributed by atoms with Crippen molar-refractivity contribution in [1.82, 2.24) is 4.98 Å². The number of nitrogens with two attached hydrogens (primary N) is 1. The molecule has 2 fully saturated rings. The van der Waals surface area contributed by atoms with Gasteiger partial charge in [0.05, 0.1) is 11.1 Å². The van der Waals surface area contributed by atoms with E-state index in [-0.39, 0.29) is 24.3 Å². The van der Waals surface area contributed by atoms with E-state index in [9.17, 15) is 19.2 Å². The highest BCUT2D eigenvalue weighted by Crippen LogP contribution is 2.37. The maximum absolute atomic E-state index is 13.4. The van der Waals surface area contributed by atoms with Crippen LogP contribution in [0.1, 0.15) is 43.1 Å². The van der Waals surface area contributed by atoms with Gasteiger partial charge in [0.1, 0.15) is 5.82 Å². The number of benzene rings is 2. The maximum atomic E-state index is 13.4. The number of rotatable bonds is 6. The van der Waals surface area contributed by atoms with Gasteiger partial charge < -0.3 is 5.73 Å². The van der Waals surface area contributed by atoms with Gasteiger partial charge in [-0.05, 0) is 53.9 Å². The molecule has 3 aromatic rings. The Bertz CT molecular complexity index is 1460. The molecule has 0 atom stereocenters. The number of carbonyl (C=O) groups is 4. The lowest BCUT2D eigenvalue weighted by Gasteiger charge is -2.22. The molecular weight excluding hydrogens is 482 g/mol. The van der Waals surface area contributed by atoms with Crippen LogP contribution in [0.3, 0.4) is 0 Å². The van der Waals surface area contributed by atoms with Crippen LogP contribution in [0, 0.1) is 5.41 Å². The zero-order chi connectivity index (χ0) is 27.2. The lowest BCUT2D eigenvalue weighted by Crippen LogP contribution is -2.33. The second-order valence-electron chi connectivity index (χ2n) is 10.2. The Kier molecular flexibility index (Phi) is 6.22. The quantitative estimate of drug-likeness (QED) is 0.499. The van der Waals surface area contributed by atoms with Gasteiger partial charge in [-0.15, -0.1) is 0 Å². The van der Waals surface area contributed by atoms with E-state index in [1.807, 2.05) is 25.1 Å². The first-order valence-electron chi connectivity index (χ1n) is 12.6. The maximum Gasteiger partial charge on any atom is 0.330 e. The summed E-state index contributed by atoms with van der Waals surface area (Å²) in [5.74, 6) is -0.369. The Labute approximate surface area is 220 Å². The van der Waals surface area contributed by atoms with Crippen LogP contribution in [0.25, 0.3) is 11.1 Å². The summed E-state index contributed by atoms with van der Waals surface area (Å²) in [4.78, 5) is 59.4. The number of aromatic nitrogens is 1. The Hall–Kier alpha value is -4.53. The van der Waals surface area contributed by atoms with Gasteiger partial charge in [-0.3, -0.25) is 29.1 Å². The fraction of sp³-hybridized carbons (Fsp3) is 0.276. The number of anilines is 3. The van der Waals surface area contributed by atoms with E-state index < -0.39 is 11.3 Å². The molecule has 2 aliphatic heterocycles. The van der Waals surface area contributed by atoms with Crippen LogP contribution in [0.5, 0.6) is 0 Å². The number of hydrogen-bond donors (Lipinski definition) is 1. The Balaban J connectivity index is 1.44. The van der Waals surface area contributed by atoms with Crippen molar-refractivity contribution in [2.45, 2.75) is 33.6 Å². The van der Waals surface area contributed by atoms with Crippen LogP contribution >= 0.6 is 0 Å². The third-order valence-electron chi connectivity index (χ3n) is 7.15. The lowest BCUT2D eigenvalue weighted by atomic mass is 9.92. The number of urea groups is 1. The van der Waals surface area contributed by atoms with E-state index in [2.05, 4.69) is 4.98 Å². The zero-order valence-corrected chi connectivity index (χ0v) is 21.6. The molecule has 5 rings (SSSR count). The van der Waals surface area contributed by atoms with Gasteiger partial charge in [0.15, 0.2) is 0 Å². The van der Waals surface area contributed by atoms with Gasteiger partial charge >= 0.3 is 6.03 Å². The molecule has 0 spiro atoms. The minimum absolute atomic E-state index is 0.189. The summed E-state index contributed by atoms with van der Waals surface area (Å²) >= 11 is 0. The predicted molar refractivity (Wildman–Crippen MR) is 145 cm³/mol. The summed E-state index contributed by atoms with van der Waals surface area (Å²) in [5, 5.41) is 0. The molecular formula is C29H29N5O4. The van der Waals surface area contributed by atoms with Gasteiger partial charge in [-0.2, -0.15) is 0 Å². The molecule has 2 N–H and O–H groups in total. The molecule has 2 aromatic carbocycles. The average Bonchev–Trinajstić information content (AvgIpc) is 3.38. The minimum Gasteiger partial charge on any atom is -0.366 e. The van der Waals surface area contributed by atoms with Crippen LogP contribution in [0.2, 0.25) is 0 Å². The summed E-state index contributed by atoms with van der Waals surface area (Å²) < 4.78 is 0. The van der Waals surface area contributed by atoms with Crippen molar-refractivity contribution in [3.63, 3.8) is 0 Å². The fourth-order valence-electron chi connectivity index (χ4n) is 5.13. The van der Waals surface area contributed by atoms with E-state index in [1.165, 1.54) is 4.90 Å². The Morgan fingerprint density at radius 2 is 1.68 bits per heavy atom. The molecule has 2 aliphatic rings. The van der Waals surface area contributed by atoms with E-state index >= 15 is 0 Å². The first-order valence-corrected chi connectivity index (χ1v) is 12.6. The van der Waals surface area contributed by atoms with Crippen LogP contribution in [-0.4, -0.2) is 41.8 Å². The molecule has 9 nitrogen and oxygen atoms in total. The van der Waals surface area contributed by atoms with Gasteiger partial charge in [-0.25, -0.2) is 9.78 Å². The highest BCUT2D eigenvalue weighted by atomic mass is 16.2. The number of primary amides is 1. The molecule has 0 saturated carbocycles. The van der Waals surface area contributed by atoms with Crippen LogP contribution in [-0.2, 0) is 16.0 Å². The third kappa shape index (κ3) is 4.19. The number of amides is 5. The molecule has 0 radical (unpaired) electrons. The molecule has 2 saturated heterocycles. The summed E-state index contributed by atoms with van der Waals surface area (Å²) in [6.07, 6.45) is 2.50. The van der Waals surface area contributed by atoms with Crippen molar-refractivity contribution in [3.8, 4) is 11.1 Å². The van der Waals surface area contributed by atoms with E-state index in [0.717, 1.165) is 16.7 Å². The third-order valence-corrected chi connectivity index (χ3v) is 7.15. The van der Waals surface area contributed by atoms with Crippen molar-refractivity contribution in [3.05, 3.63) is 71.9 Å². The second kappa shape index (κ2) is 9.41. The van der Waals surface area contributed by atoms with Crippen molar-refractivity contribution >= 4 is 40.9 Å². The van der Waals surface area contributed by atoms with Gasteiger partial charge in [0.2, 0.25) is 17.7 Å². The number of nitrogens with zero attached hydrogens (tertiary/aromatic N) is 4. The van der Waals surface area contributed by atoms with Gasteiger partial charge in [0, 0.05) is 42.5 Å². The number of hydrogen-bond acceptors (Lipinski definition) is 5. The molecule has 0 aliphatic carbocycles. The fourth-order valence-corrected chi connectivity index (χ4v) is 5.13. The van der Waals surface area contributed by atoms with Gasteiger partial charge in [0.25, 0.3) is 0 Å². The molecule has 38 heavy (non-hydrogen) atoms. The molecule has 1 aromatic heterocycles. The lowest BCUT2D eigenvalue weighted by molar-refractivity contribution is -0.124. The van der Waals surface area contributed by atoms with Crippen molar-refractivity contribution < 1.29 is 19.2 Å². The van der Waals surface area contributed by atoms with Gasteiger partial charge in [-0.1, -0.05) is 39.0 Å². The molecule has 0 unspecified atom stereocenters. The molecule has 5 amide bonds. The highest BCUT2D eigenvalue weighted by Gasteiger charge is 2.45. The van der Waals surface area contributed by atoms with Crippen molar-refractivity contribution in [1.29, 1.82) is 0 Å². The molecule has 3 heterocycles. The molecule has 9 heteroatoms. The monoisotopic (exact) mass is 511 g/mol. The Morgan fingerprint density at radius 3 is 2.32 bits per heavy atom. The first-order chi connectivity index (χ1) is 18.1. The number of imide groups is 1. The summed E-state index contributed by atoms with van der Waals surface area (Å²) in [5.41, 5.74) is 8.93. The predicted octanol–water partition coefficient (Wildman–Crippen LogP) is 4.15. The van der Waals surface area contributed by atoms with E-state index in [0.29, 0.717) is 42.3 Å². The standard InChI is InChI=1S/C29H29N5O4/c1-4-22-23(18-8-10-20(11-9-18)34-24(35)17-29(2,3)27(34)37)12-13-31-26(22)33-15-14-32(28(33)38)21-7-5-6-19(16-21)25(30)36/h5-13,16H,4,14-15,17H2,1-3H3,(H2,30,36). The zero-order valence-electron chi connectivity index (χ0n) is 21.6. The molecule has 194 valence electrons. The highest BCUT2D eigenvalue weighted by molar-refractivity contribution is 6.22. The summed E-state index contributed by atoms with van der Waals surface area (Å²) in [7, 11) is 0. The topological polar surface area (TPSA) is 117 Å². The van der Waals surface area contributed by atoms with Crippen LogP contribution in [0.15, 0.2) is 60.8 Å². The van der Waals surface area contributed by atoms with E-state index in [1.54, 1.807) is 66.2 Å².